The third-order valence-corrected chi connectivity index (χ3v) is 3.71. The van der Waals surface area contributed by atoms with E-state index in [0.717, 1.165) is 10.0 Å². The normalized spacial score (nSPS) is 11.2. The van der Waals surface area contributed by atoms with E-state index in [1.807, 2.05) is 18.2 Å². The highest BCUT2D eigenvalue weighted by atomic mass is 79.9. The Morgan fingerprint density at radius 1 is 0.882 bits per heavy atom. The van der Waals surface area contributed by atoms with Gasteiger partial charge < -0.3 is 5.11 Å². The average Bonchev–Trinajstić information content (AvgIpc) is 2.39. The number of rotatable bonds is 1. The first kappa shape index (κ1) is 10.8. The van der Waals surface area contributed by atoms with Crippen LogP contribution >= 0.6 is 15.9 Å². The van der Waals surface area contributed by atoms with Crippen LogP contribution in [0.4, 0.5) is 0 Å². The van der Waals surface area contributed by atoms with Crippen LogP contribution in [0.15, 0.2) is 53.0 Å². The molecule has 0 aliphatic heterocycles. The highest BCUT2D eigenvalue weighted by molar-refractivity contribution is 9.10. The average molecular weight is 287 g/mol. The molecule has 0 heterocycles. The fourth-order valence-electron chi connectivity index (χ4n) is 2.20. The molecule has 0 atom stereocenters. The van der Waals surface area contributed by atoms with E-state index in [-0.39, 0.29) is 6.61 Å². The van der Waals surface area contributed by atoms with Gasteiger partial charge in [-0.05, 0) is 39.2 Å². The maximum atomic E-state index is 9.21. The molecule has 17 heavy (non-hydrogen) atoms. The van der Waals surface area contributed by atoms with Gasteiger partial charge in [-0.15, -0.1) is 0 Å². The quantitative estimate of drug-likeness (QED) is 0.663. The first-order chi connectivity index (χ1) is 8.29. The molecule has 0 aliphatic carbocycles. The van der Waals surface area contributed by atoms with Crippen LogP contribution in [0.2, 0.25) is 0 Å². The van der Waals surface area contributed by atoms with Gasteiger partial charge in [0.15, 0.2) is 0 Å². The fraction of sp³-hybridized carbons (Fsp3) is 0.0667. The van der Waals surface area contributed by atoms with Crippen LogP contribution in [0.25, 0.3) is 21.5 Å². The van der Waals surface area contributed by atoms with Gasteiger partial charge in [0.1, 0.15) is 0 Å². The summed E-state index contributed by atoms with van der Waals surface area (Å²) in [4.78, 5) is 0. The lowest BCUT2D eigenvalue weighted by Crippen LogP contribution is -1.85. The molecule has 0 fully saturated rings. The molecule has 1 nitrogen and oxygen atoms in total. The molecule has 2 heteroatoms. The number of hydrogen-bond donors (Lipinski definition) is 1. The molecule has 0 aliphatic rings. The van der Waals surface area contributed by atoms with E-state index >= 15 is 0 Å². The predicted octanol–water partition coefficient (Wildman–Crippen LogP) is 4.25. The van der Waals surface area contributed by atoms with Gasteiger partial charge in [-0.1, -0.05) is 52.3 Å². The Morgan fingerprint density at radius 3 is 2.41 bits per heavy atom. The van der Waals surface area contributed by atoms with E-state index in [9.17, 15) is 5.11 Å². The van der Waals surface area contributed by atoms with E-state index in [0.29, 0.717) is 0 Å². The molecular formula is C15H11BrO. The molecule has 3 aromatic carbocycles. The van der Waals surface area contributed by atoms with Gasteiger partial charge in [0.05, 0.1) is 6.61 Å². The maximum Gasteiger partial charge on any atom is 0.0682 e. The second-order valence-electron chi connectivity index (χ2n) is 4.12. The molecule has 0 aromatic heterocycles. The second kappa shape index (κ2) is 4.13. The van der Waals surface area contributed by atoms with Crippen molar-refractivity contribution >= 4 is 37.5 Å². The van der Waals surface area contributed by atoms with Crippen molar-refractivity contribution in [1.29, 1.82) is 0 Å². The van der Waals surface area contributed by atoms with Gasteiger partial charge in [-0.3, -0.25) is 0 Å². The Bertz CT molecular complexity index is 704. The van der Waals surface area contributed by atoms with Gasteiger partial charge in [-0.25, -0.2) is 0 Å². The Labute approximate surface area is 108 Å². The number of benzene rings is 3. The number of aliphatic hydroxyl groups excluding tert-OH is 1. The summed E-state index contributed by atoms with van der Waals surface area (Å²) in [6.07, 6.45) is 0. The molecule has 0 spiro atoms. The first-order valence-electron chi connectivity index (χ1n) is 5.50. The topological polar surface area (TPSA) is 20.2 Å². The van der Waals surface area contributed by atoms with E-state index in [1.165, 1.54) is 21.5 Å². The monoisotopic (exact) mass is 286 g/mol. The van der Waals surface area contributed by atoms with Gasteiger partial charge in [0.2, 0.25) is 0 Å². The van der Waals surface area contributed by atoms with Crippen molar-refractivity contribution in [2.75, 3.05) is 0 Å². The van der Waals surface area contributed by atoms with Gasteiger partial charge in [0, 0.05) is 4.47 Å². The molecule has 3 aromatic rings. The zero-order valence-electron chi connectivity index (χ0n) is 9.15. The molecule has 3 rings (SSSR count). The fourth-order valence-corrected chi connectivity index (χ4v) is 2.79. The SMILES string of the molecule is OCc1ccc2cc(Br)c3ccccc3c2c1. The number of hydrogen-bond acceptors (Lipinski definition) is 1. The van der Waals surface area contributed by atoms with Crippen molar-refractivity contribution in [2.24, 2.45) is 0 Å². The predicted molar refractivity (Wildman–Crippen MR) is 75.1 cm³/mol. The summed E-state index contributed by atoms with van der Waals surface area (Å²) in [7, 11) is 0. The molecule has 0 saturated carbocycles. The summed E-state index contributed by atoms with van der Waals surface area (Å²) in [5.41, 5.74) is 0.949. The lowest BCUT2D eigenvalue weighted by molar-refractivity contribution is 0.282. The highest BCUT2D eigenvalue weighted by Crippen LogP contribution is 2.32. The largest absolute Gasteiger partial charge is 0.392 e. The van der Waals surface area contributed by atoms with E-state index in [1.54, 1.807) is 0 Å². The molecule has 0 bridgehead atoms. The van der Waals surface area contributed by atoms with E-state index in [2.05, 4.69) is 46.3 Å². The van der Waals surface area contributed by atoms with Gasteiger partial charge in [-0.2, -0.15) is 0 Å². The van der Waals surface area contributed by atoms with Crippen LogP contribution in [0.1, 0.15) is 5.56 Å². The summed E-state index contributed by atoms with van der Waals surface area (Å²) >= 11 is 3.60. The molecule has 84 valence electrons. The number of aliphatic hydroxyl groups is 1. The number of halogens is 1. The molecule has 0 unspecified atom stereocenters. The minimum Gasteiger partial charge on any atom is -0.392 e. The highest BCUT2D eigenvalue weighted by Gasteiger charge is 2.04. The van der Waals surface area contributed by atoms with Crippen molar-refractivity contribution in [1.82, 2.24) is 0 Å². The maximum absolute atomic E-state index is 9.21. The Balaban J connectivity index is 2.51. The second-order valence-corrected chi connectivity index (χ2v) is 4.97. The lowest BCUT2D eigenvalue weighted by atomic mass is 10.0. The van der Waals surface area contributed by atoms with Crippen LogP contribution in [0.3, 0.4) is 0 Å². The number of fused-ring (bicyclic) bond motifs is 3. The molecular weight excluding hydrogens is 276 g/mol. The van der Waals surface area contributed by atoms with Crippen molar-refractivity contribution in [2.45, 2.75) is 6.61 Å². The summed E-state index contributed by atoms with van der Waals surface area (Å²) in [5, 5.41) is 14.0. The van der Waals surface area contributed by atoms with Crippen molar-refractivity contribution in [3.8, 4) is 0 Å². The van der Waals surface area contributed by atoms with Crippen LogP contribution in [0.5, 0.6) is 0 Å². The minimum absolute atomic E-state index is 0.0837. The van der Waals surface area contributed by atoms with Gasteiger partial charge >= 0.3 is 0 Å². The smallest absolute Gasteiger partial charge is 0.0682 e. The summed E-state index contributed by atoms with van der Waals surface area (Å²) in [6.45, 7) is 0.0837. The van der Waals surface area contributed by atoms with Crippen molar-refractivity contribution in [3.63, 3.8) is 0 Å². The van der Waals surface area contributed by atoms with Crippen molar-refractivity contribution in [3.05, 3.63) is 58.6 Å². The summed E-state index contributed by atoms with van der Waals surface area (Å²) < 4.78 is 1.11. The Morgan fingerprint density at radius 2 is 1.65 bits per heavy atom. The molecule has 1 N–H and O–H groups in total. The third-order valence-electron chi connectivity index (χ3n) is 3.06. The van der Waals surface area contributed by atoms with Crippen LogP contribution in [-0.4, -0.2) is 5.11 Å². The molecule has 0 radical (unpaired) electrons. The standard InChI is InChI=1S/C15H11BrO/c16-15-8-11-6-5-10(9-17)7-14(11)12-3-1-2-4-13(12)15/h1-8,17H,9H2. The third kappa shape index (κ3) is 1.74. The van der Waals surface area contributed by atoms with Crippen LogP contribution in [-0.2, 0) is 6.61 Å². The minimum atomic E-state index is 0.0837. The molecule has 0 saturated heterocycles. The lowest BCUT2D eigenvalue weighted by Gasteiger charge is -2.07. The van der Waals surface area contributed by atoms with E-state index in [4.69, 9.17) is 0 Å². The Kier molecular flexibility index (Phi) is 2.61. The van der Waals surface area contributed by atoms with Gasteiger partial charge in [0.25, 0.3) is 0 Å². The Hall–Kier alpha value is -1.38. The molecule has 0 amide bonds. The van der Waals surface area contributed by atoms with E-state index < -0.39 is 0 Å². The summed E-state index contributed by atoms with van der Waals surface area (Å²) in [5.74, 6) is 0. The van der Waals surface area contributed by atoms with Crippen LogP contribution in [0, 0.1) is 0 Å². The van der Waals surface area contributed by atoms with Crippen LogP contribution < -0.4 is 0 Å². The van der Waals surface area contributed by atoms with Crippen molar-refractivity contribution < 1.29 is 5.11 Å². The summed E-state index contributed by atoms with van der Waals surface area (Å²) in [6, 6.07) is 16.5. The first-order valence-corrected chi connectivity index (χ1v) is 6.29. The zero-order chi connectivity index (χ0) is 11.8. The zero-order valence-corrected chi connectivity index (χ0v) is 10.7.